The molecule has 4 heteroatoms. The van der Waals surface area contributed by atoms with Crippen LogP contribution >= 0.6 is 11.3 Å². The second-order valence-electron chi connectivity index (χ2n) is 4.85. The van der Waals surface area contributed by atoms with Crippen molar-refractivity contribution in [2.24, 2.45) is 11.8 Å². The third-order valence-corrected chi connectivity index (χ3v) is 4.83. The Morgan fingerprint density at radius 1 is 1.44 bits per heavy atom. The molecule has 0 saturated carbocycles. The molecule has 0 radical (unpaired) electrons. The molecule has 1 N–H and O–H groups in total. The Morgan fingerprint density at radius 3 is 2.75 bits per heavy atom. The summed E-state index contributed by atoms with van der Waals surface area (Å²) in [7, 11) is 0. The van der Waals surface area contributed by atoms with Crippen LogP contribution in [0.4, 0.5) is 5.13 Å². The fourth-order valence-corrected chi connectivity index (χ4v) is 3.09. The first kappa shape index (κ1) is 11.9. The zero-order chi connectivity index (χ0) is 11.7. The molecular weight excluding hydrogens is 220 g/mol. The van der Waals surface area contributed by atoms with Crippen LogP contribution < -0.4 is 4.90 Å². The van der Waals surface area contributed by atoms with Crippen molar-refractivity contribution < 1.29 is 5.11 Å². The van der Waals surface area contributed by atoms with E-state index in [0.717, 1.165) is 40.6 Å². The van der Waals surface area contributed by atoms with Gasteiger partial charge in [0.2, 0.25) is 0 Å². The molecule has 0 spiro atoms. The first-order chi connectivity index (χ1) is 7.61. The van der Waals surface area contributed by atoms with Crippen LogP contribution in [0.25, 0.3) is 0 Å². The molecule has 1 aliphatic heterocycles. The minimum Gasteiger partial charge on any atom is -0.391 e. The van der Waals surface area contributed by atoms with Gasteiger partial charge in [-0.15, -0.1) is 0 Å². The summed E-state index contributed by atoms with van der Waals surface area (Å²) in [5, 5.41) is 10.3. The SMILES string of the molecule is Cc1nc(N2CCC(C)C(C)C2)sc1CO. The summed E-state index contributed by atoms with van der Waals surface area (Å²) in [6.45, 7) is 8.92. The van der Waals surface area contributed by atoms with Crippen LogP contribution in [0.3, 0.4) is 0 Å². The van der Waals surface area contributed by atoms with Gasteiger partial charge in [-0.3, -0.25) is 0 Å². The van der Waals surface area contributed by atoms with Gasteiger partial charge >= 0.3 is 0 Å². The number of piperidine rings is 1. The van der Waals surface area contributed by atoms with E-state index in [4.69, 9.17) is 0 Å². The molecule has 1 aromatic rings. The Hall–Kier alpha value is -0.610. The molecule has 2 heterocycles. The summed E-state index contributed by atoms with van der Waals surface area (Å²) in [6.07, 6.45) is 1.24. The average Bonchev–Trinajstić information content (AvgIpc) is 2.64. The number of hydrogen-bond acceptors (Lipinski definition) is 4. The topological polar surface area (TPSA) is 36.4 Å². The number of aliphatic hydroxyl groups excluding tert-OH is 1. The quantitative estimate of drug-likeness (QED) is 0.862. The number of aryl methyl sites for hydroxylation is 1. The maximum Gasteiger partial charge on any atom is 0.185 e. The van der Waals surface area contributed by atoms with E-state index < -0.39 is 0 Å². The maximum atomic E-state index is 9.18. The predicted molar refractivity (Wildman–Crippen MR) is 67.9 cm³/mol. The number of hydrogen-bond donors (Lipinski definition) is 1. The highest BCUT2D eigenvalue weighted by Gasteiger charge is 2.24. The van der Waals surface area contributed by atoms with E-state index in [0.29, 0.717) is 0 Å². The molecule has 0 amide bonds. The summed E-state index contributed by atoms with van der Waals surface area (Å²) in [6, 6.07) is 0. The number of thiazole rings is 1. The van der Waals surface area contributed by atoms with E-state index in [-0.39, 0.29) is 6.61 Å². The van der Waals surface area contributed by atoms with Gasteiger partial charge in [-0.2, -0.15) is 0 Å². The lowest BCUT2D eigenvalue weighted by Gasteiger charge is -2.35. The van der Waals surface area contributed by atoms with E-state index in [1.807, 2.05) is 6.92 Å². The van der Waals surface area contributed by atoms with E-state index in [1.165, 1.54) is 6.42 Å². The second-order valence-corrected chi connectivity index (χ2v) is 5.91. The number of anilines is 1. The van der Waals surface area contributed by atoms with Crippen LogP contribution in [0, 0.1) is 18.8 Å². The zero-order valence-electron chi connectivity index (χ0n) is 10.2. The lowest BCUT2D eigenvalue weighted by Crippen LogP contribution is -2.38. The lowest BCUT2D eigenvalue weighted by molar-refractivity contribution is 0.284. The smallest absolute Gasteiger partial charge is 0.185 e. The molecule has 1 aromatic heterocycles. The average molecular weight is 240 g/mol. The summed E-state index contributed by atoms with van der Waals surface area (Å²) in [5.41, 5.74) is 0.980. The van der Waals surface area contributed by atoms with E-state index >= 15 is 0 Å². The zero-order valence-corrected chi connectivity index (χ0v) is 11.0. The Balaban J connectivity index is 2.12. The molecular formula is C12H20N2OS. The summed E-state index contributed by atoms with van der Waals surface area (Å²) in [4.78, 5) is 7.91. The highest BCUT2D eigenvalue weighted by molar-refractivity contribution is 7.15. The first-order valence-electron chi connectivity index (χ1n) is 5.94. The molecule has 0 bridgehead atoms. The van der Waals surface area contributed by atoms with Crippen molar-refractivity contribution >= 4 is 16.5 Å². The Morgan fingerprint density at radius 2 is 2.19 bits per heavy atom. The molecule has 0 aliphatic carbocycles. The van der Waals surface area contributed by atoms with Crippen LogP contribution in [-0.4, -0.2) is 23.2 Å². The minimum atomic E-state index is 0.114. The molecule has 16 heavy (non-hydrogen) atoms. The van der Waals surface area contributed by atoms with Crippen molar-refractivity contribution in [1.29, 1.82) is 0 Å². The fourth-order valence-electron chi connectivity index (χ4n) is 2.13. The number of aromatic nitrogens is 1. The minimum absolute atomic E-state index is 0.114. The van der Waals surface area contributed by atoms with Crippen molar-refractivity contribution in [2.75, 3.05) is 18.0 Å². The van der Waals surface area contributed by atoms with Crippen molar-refractivity contribution in [1.82, 2.24) is 4.98 Å². The third-order valence-electron chi connectivity index (χ3n) is 3.63. The molecule has 0 aromatic carbocycles. The molecule has 90 valence electrons. The highest BCUT2D eigenvalue weighted by atomic mass is 32.1. The predicted octanol–water partition coefficient (Wildman–Crippen LogP) is 2.43. The van der Waals surface area contributed by atoms with Crippen molar-refractivity contribution in [3.05, 3.63) is 10.6 Å². The molecule has 1 saturated heterocycles. The van der Waals surface area contributed by atoms with Crippen molar-refractivity contribution in [3.63, 3.8) is 0 Å². The van der Waals surface area contributed by atoms with Gasteiger partial charge in [-0.25, -0.2) is 4.98 Å². The number of aliphatic hydroxyl groups is 1. The Labute approximate surface area is 101 Å². The van der Waals surface area contributed by atoms with Crippen LogP contribution in [0.5, 0.6) is 0 Å². The van der Waals surface area contributed by atoms with Crippen LogP contribution in [0.15, 0.2) is 0 Å². The Kier molecular flexibility index (Phi) is 3.50. The molecule has 1 aliphatic rings. The monoisotopic (exact) mass is 240 g/mol. The molecule has 2 atom stereocenters. The second kappa shape index (κ2) is 4.72. The van der Waals surface area contributed by atoms with Gasteiger partial charge in [-0.1, -0.05) is 25.2 Å². The van der Waals surface area contributed by atoms with Gasteiger partial charge in [-0.05, 0) is 25.2 Å². The molecule has 2 rings (SSSR count). The van der Waals surface area contributed by atoms with Gasteiger partial charge in [0.1, 0.15) is 0 Å². The molecule has 1 fully saturated rings. The van der Waals surface area contributed by atoms with E-state index in [1.54, 1.807) is 11.3 Å². The van der Waals surface area contributed by atoms with Crippen LogP contribution in [-0.2, 0) is 6.61 Å². The summed E-state index contributed by atoms with van der Waals surface area (Å²) in [5.74, 6) is 1.55. The largest absolute Gasteiger partial charge is 0.391 e. The first-order valence-corrected chi connectivity index (χ1v) is 6.75. The fraction of sp³-hybridized carbons (Fsp3) is 0.750. The molecule has 3 nitrogen and oxygen atoms in total. The van der Waals surface area contributed by atoms with Gasteiger partial charge in [0.05, 0.1) is 17.2 Å². The Bertz CT molecular complexity index is 364. The summed E-state index contributed by atoms with van der Waals surface area (Å²) < 4.78 is 0. The van der Waals surface area contributed by atoms with E-state index in [2.05, 4.69) is 23.7 Å². The van der Waals surface area contributed by atoms with Crippen LogP contribution in [0.2, 0.25) is 0 Å². The van der Waals surface area contributed by atoms with Gasteiger partial charge < -0.3 is 10.0 Å². The van der Waals surface area contributed by atoms with Gasteiger partial charge in [0, 0.05) is 13.1 Å². The normalized spacial score (nSPS) is 26.1. The number of nitrogens with zero attached hydrogens (tertiary/aromatic N) is 2. The van der Waals surface area contributed by atoms with Crippen LogP contribution in [0.1, 0.15) is 30.8 Å². The number of rotatable bonds is 2. The van der Waals surface area contributed by atoms with Crippen molar-refractivity contribution in [3.8, 4) is 0 Å². The third kappa shape index (κ3) is 2.23. The van der Waals surface area contributed by atoms with Gasteiger partial charge in [0.15, 0.2) is 5.13 Å². The van der Waals surface area contributed by atoms with E-state index in [9.17, 15) is 5.11 Å². The summed E-state index contributed by atoms with van der Waals surface area (Å²) >= 11 is 1.63. The maximum absolute atomic E-state index is 9.18. The van der Waals surface area contributed by atoms with Crippen molar-refractivity contribution in [2.45, 2.75) is 33.8 Å². The lowest BCUT2D eigenvalue weighted by atomic mass is 9.89. The van der Waals surface area contributed by atoms with Gasteiger partial charge in [0.25, 0.3) is 0 Å². The standard InChI is InChI=1S/C12H20N2OS/c1-8-4-5-14(6-9(8)2)12-13-10(3)11(7-15)16-12/h8-9,15H,4-7H2,1-3H3. The highest BCUT2D eigenvalue weighted by Crippen LogP contribution is 2.31. The molecule has 2 unspecified atom stereocenters.